The van der Waals surface area contributed by atoms with Crippen molar-refractivity contribution >= 4 is 0 Å². The highest BCUT2D eigenvalue weighted by Gasteiger charge is 2.13. The van der Waals surface area contributed by atoms with Crippen LogP contribution in [0, 0.1) is 5.92 Å². The van der Waals surface area contributed by atoms with E-state index in [-0.39, 0.29) is 11.7 Å². The standard InChI is InChI=1S/C19H25FO/c1-6-8-9-16(5)18(7-2)21-19-13-15(4)12-14(3)10-11-17(19)20/h6-7,9,11-13,15H,1,8,10H2,2-5H3/b14-12-,16-9?,17-11+,18-7+,19-13?. The van der Waals surface area contributed by atoms with Crippen LogP contribution < -0.4 is 0 Å². The van der Waals surface area contributed by atoms with E-state index in [0.29, 0.717) is 17.9 Å². The molecule has 0 spiro atoms. The van der Waals surface area contributed by atoms with Gasteiger partial charge in [-0.3, -0.25) is 0 Å². The van der Waals surface area contributed by atoms with E-state index in [1.54, 1.807) is 6.08 Å². The van der Waals surface area contributed by atoms with Crippen LogP contribution in [0.2, 0.25) is 0 Å². The van der Waals surface area contributed by atoms with Crippen molar-refractivity contribution in [3.63, 3.8) is 0 Å². The minimum absolute atomic E-state index is 0.148. The molecule has 21 heavy (non-hydrogen) atoms. The van der Waals surface area contributed by atoms with Crippen molar-refractivity contribution in [2.45, 2.75) is 40.5 Å². The van der Waals surface area contributed by atoms with Crippen LogP contribution in [0.1, 0.15) is 40.5 Å². The number of hydrogen-bond acceptors (Lipinski definition) is 1. The van der Waals surface area contributed by atoms with Gasteiger partial charge in [0.25, 0.3) is 0 Å². The molecule has 1 nitrogen and oxygen atoms in total. The maximum absolute atomic E-state index is 14.2. The van der Waals surface area contributed by atoms with E-state index in [1.807, 2.05) is 52.0 Å². The third kappa shape index (κ3) is 5.58. The zero-order valence-electron chi connectivity index (χ0n) is 13.4. The third-order valence-corrected chi connectivity index (χ3v) is 3.26. The Morgan fingerprint density at radius 1 is 1.48 bits per heavy atom. The molecule has 0 saturated heterocycles. The molecule has 0 aromatic rings. The molecule has 0 fully saturated rings. The molecule has 1 aliphatic carbocycles. The van der Waals surface area contributed by atoms with Gasteiger partial charge in [0.2, 0.25) is 0 Å². The van der Waals surface area contributed by atoms with E-state index in [2.05, 4.69) is 12.7 Å². The monoisotopic (exact) mass is 288 g/mol. The van der Waals surface area contributed by atoms with Crippen LogP contribution >= 0.6 is 0 Å². The quantitative estimate of drug-likeness (QED) is 0.335. The Morgan fingerprint density at radius 3 is 2.81 bits per heavy atom. The number of allylic oxidation sites excluding steroid dienone is 9. The highest BCUT2D eigenvalue weighted by atomic mass is 19.1. The first kappa shape index (κ1) is 17.2. The zero-order chi connectivity index (χ0) is 15.8. The van der Waals surface area contributed by atoms with E-state index in [1.165, 1.54) is 5.57 Å². The van der Waals surface area contributed by atoms with Crippen LogP contribution in [0.5, 0.6) is 0 Å². The van der Waals surface area contributed by atoms with Gasteiger partial charge in [0, 0.05) is 0 Å². The first-order valence-corrected chi connectivity index (χ1v) is 7.35. The summed E-state index contributed by atoms with van der Waals surface area (Å²) in [5.41, 5.74) is 2.15. The average molecular weight is 288 g/mol. The molecule has 1 atom stereocenters. The second-order valence-corrected chi connectivity index (χ2v) is 5.33. The zero-order valence-corrected chi connectivity index (χ0v) is 13.4. The molecule has 1 unspecified atom stereocenters. The van der Waals surface area contributed by atoms with Crippen LogP contribution in [0.3, 0.4) is 0 Å². The molecule has 0 bridgehead atoms. The van der Waals surface area contributed by atoms with Gasteiger partial charge in [0.05, 0.1) is 0 Å². The van der Waals surface area contributed by atoms with Crippen molar-refractivity contribution in [3.05, 3.63) is 71.5 Å². The predicted octanol–water partition coefficient (Wildman–Crippen LogP) is 6.15. The lowest BCUT2D eigenvalue weighted by Crippen LogP contribution is -2.01. The summed E-state index contributed by atoms with van der Waals surface area (Å²) in [5, 5.41) is 0. The minimum atomic E-state index is -0.301. The molecule has 0 aliphatic heterocycles. The van der Waals surface area contributed by atoms with Gasteiger partial charge >= 0.3 is 0 Å². The van der Waals surface area contributed by atoms with Gasteiger partial charge in [-0.15, -0.1) is 6.58 Å². The topological polar surface area (TPSA) is 9.23 Å². The fraction of sp³-hybridized carbons (Fsp3) is 0.368. The predicted molar refractivity (Wildman–Crippen MR) is 88.2 cm³/mol. The SMILES string of the molecule is C=CCC=C(C)/C(=C\C)OC1=CC(C)/C=C(/C)C/C=C\1F. The highest BCUT2D eigenvalue weighted by molar-refractivity contribution is 5.32. The normalized spacial score (nSPS) is 25.8. The Morgan fingerprint density at radius 2 is 2.19 bits per heavy atom. The van der Waals surface area contributed by atoms with E-state index < -0.39 is 0 Å². The second-order valence-electron chi connectivity index (χ2n) is 5.33. The van der Waals surface area contributed by atoms with E-state index in [4.69, 9.17) is 4.74 Å². The maximum atomic E-state index is 14.2. The highest BCUT2D eigenvalue weighted by Crippen LogP contribution is 2.26. The Hall–Kier alpha value is -1.83. The molecule has 1 aliphatic rings. The summed E-state index contributed by atoms with van der Waals surface area (Å²) in [4.78, 5) is 0. The fourth-order valence-electron chi connectivity index (χ4n) is 2.16. The van der Waals surface area contributed by atoms with Gasteiger partial charge in [-0.2, -0.15) is 0 Å². The third-order valence-electron chi connectivity index (χ3n) is 3.26. The van der Waals surface area contributed by atoms with Gasteiger partial charge in [-0.05, 0) is 63.3 Å². The molecule has 0 saturated carbocycles. The van der Waals surface area contributed by atoms with Crippen molar-refractivity contribution < 1.29 is 9.13 Å². The molecule has 1 rings (SSSR count). The van der Waals surface area contributed by atoms with Gasteiger partial charge in [0.1, 0.15) is 5.76 Å². The summed E-state index contributed by atoms with van der Waals surface area (Å²) in [6.45, 7) is 11.6. The van der Waals surface area contributed by atoms with E-state index in [9.17, 15) is 4.39 Å². The maximum Gasteiger partial charge on any atom is 0.161 e. The average Bonchev–Trinajstić information content (AvgIpc) is 2.45. The fourth-order valence-corrected chi connectivity index (χ4v) is 2.16. The van der Waals surface area contributed by atoms with E-state index in [0.717, 1.165) is 12.0 Å². The molecular weight excluding hydrogens is 263 g/mol. The van der Waals surface area contributed by atoms with Crippen LogP contribution in [0.15, 0.2) is 71.5 Å². The summed E-state index contributed by atoms with van der Waals surface area (Å²) in [6.07, 6.45) is 12.6. The first-order chi connectivity index (χ1) is 9.97. The number of ether oxygens (including phenoxy) is 1. The molecule has 0 radical (unpaired) electrons. The van der Waals surface area contributed by atoms with Crippen molar-refractivity contribution in [1.29, 1.82) is 0 Å². The first-order valence-electron chi connectivity index (χ1n) is 7.35. The van der Waals surface area contributed by atoms with Crippen LogP contribution in [0.4, 0.5) is 4.39 Å². The molecule has 0 aromatic heterocycles. The van der Waals surface area contributed by atoms with Gasteiger partial charge < -0.3 is 4.74 Å². The Labute approximate surface area is 127 Å². The molecule has 2 heteroatoms. The van der Waals surface area contributed by atoms with Crippen molar-refractivity contribution in [2.75, 3.05) is 0 Å². The molecule has 0 aromatic carbocycles. The molecule has 114 valence electrons. The van der Waals surface area contributed by atoms with Crippen molar-refractivity contribution in [2.24, 2.45) is 5.92 Å². The van der Waals surface area contributed by atoms with Crippen LogP contribution in [0.25, 0.3) is 0 Å². The number of halogens is 1. The summed E-state index contributed by atoms with van der Waals surface area (Å²) >= 11 is 0. The van der Waals surface area contributed by atoms with Gasteiger partial charge in [-0.1, -0.05) is 30.7 Å². The summed E-state index contributed by atoms with van der Waals surface area (Å²) in [7, 11) is 0. The largest absolute Gasteiger partial charge is 0.455 e. The lowest BCUT2D eigenvalue weighted by atomic mass is 10.0. The second kappa shape index (κ2) is 8.46. The van der Waals surface area contributed by atoms with Crippen LogP contribution in [-0.4, -0.2) is 0 Å². The minimum Gasteiger partial charge on any atom is -0.455 e. The Bertz CT molecular complexity index is 530. The summed E-state index contributed by atoms with van der Waals surface area (Å²) < 4.78 is 20.0. The number of hydrogen-bond donors (Lipinski definition) is 0. The van der Waals surface area contributed by atoms with Crippen LogP contribution in [-0.2, 0) is 4.74 Å². The van der Waals surface area contributed by atoms with E-state index >= 15 is 0 Å². The number of rotatable bonds is 5. The van der Waals surface area contributed by atoms with Gasteiger partial charge in [0.15, 0.2) is 11.6 Å². The molecular formula is C19H25FO. The molecule has 0 amide bonds. The smallest absolute Gasteiger partial charge is 0.161 e. The Kier molecular flexibility index (Phi) is 6.93. The Balaban J connectivity index is 3.00. The summed E-state index contributed by atoms with van der Waals surface area (Å²) in [6, 6.07) is 0. The van der Waals surface area contributed by atoms with Crippen molar-refractivity contribution in [3.8, 4) is 0 Å². The lowest BCUT2D eigenvalue weighted by Gasteiger charge is -2.16. The molecule has 0 heterocycles. The summed E-state index contributed by atoms with van der Waals surface area (Å²) in [5.74, 6) is 0.825. The van der Waals surface area contributed by atoms with Crippen molar-refractivity contribution in [1.82, 2.24) is 0 Å². The lowest BCUT2D eigenvalue weighted by molar-refractivity contribution is 0.299. The molecule has 0 N–H and O–H groups in total. The van der Waals surface area contributed by atoms with Gasteiger partial charge in [-0.25, -0.2) is 4.39 Å².